The van der Waals surface area contributed by atoms with E-state index in [0.717, 1.165) is 11.3 Å². The number of carbonyl (C=O) groups is 1. The molecule has 0 aliphatic carbocycles. The van der Waals surface area contributed by atoms with Gasteiger partial charge in [-0.05, 0) is 13.0 Å². The van der Waals surface area contributed by atoms with Crippen LogP contribution >= 0.6 is 0 Å². The fourth-order valence-electron chi connectivity index (χ4n) is 2.41. The summed E-state index contributed by atoms with van der Waals surface area (Å²) >= 11 is 0. The molecule has 2 atom stereocenters. The Hall–Kier alpha value is -1.59. The van der Waals surface area contributed by atoms with Crippen LogP contribution < -0.4 is 10.1 Å². The van der Waals surface area contributed by atoms with Crippen LogP contribution in [0.15, 0.2) is 24.3 Å². The second-order valence-corrected chi connectivity index (χ2v) is 5.01. The molecule has 1 heterocycles. The molecule has 1 N–H and O–H groups in total. The van der Waals surface area contributed by atoms with Crippen LogP contribution in [-0.2, 0) is 16.1 Å². The zero-order valence-corrected chi connectivity index (χ0v) is 12.3. The maximum absolute atomic E-state index is 12.5. The van der Waals surface area contributed by atoms with Gasteiger partial charge in [0.15, 0.2) is 0 Å². The van der Waals surface area contributed by atoms with Gasteiger partial charge in [-0.1, -0.05) is 18.2 Å². The molecule has 0 saturated carbocycles. The molecule has 0 aromatic heterocycles. The Morgan fingerprint density at radius 3 is 2.95 bits per heavy atom. The van der Waals surface area contributed by atoms with Crippen molar-refractivity contribution in [3.8, 4) is 5.75 Å². The van der Waals surface area contributed by atoms with Gasteiger partial charge in [0.2, 0.25) is 5.91 Å². The molecule has 5 heteroatoms. The van der Waals surface area contributed by atoms with Crippen molar-refractivity contribution in [2.24, 2.45) is 0 Å². The van der Waals surface area contributed by atoms with Gasteiger partial charge in [-0.15, -0.1) is 0 Å². The summed E-state index contributed by atoms with van der Waals surface area (Å²) in [7, 11) is 3.44. The van der Waals surface area contributed by atoms with E-state index in [9.17, 15) is 4.79 Å². The monoisotopic (exact) mass is 278 g/mol. The SMILES string of the molecule is COc1ccccc1CN(C)C(=O)[C@H]1NCCO[C@@H]1C. The molecule has 1 amide bonds. The molecule has 1 saturated heterocycles. The molecule has 0 spiro atoms. The standard InChI is InChI=1S/C15H22N2O3/c1-11-14(16-8-9-20-11)15(18)17(2)10-12-6-4-5-7-13(12)19-3/h4-7,11,14,16H,8-10H2,1-3H3/t11-,14+/m1/s1. The highest BCUT2D eigenvalue weighted by molar-refractivity contribution is 5.82. The van der Waals surface area contributed by atoms with Crippen molar-refractivity contribution < 1.29 is 14.3 Å². The predicted molar refractivity (Wildman–Crippen MR) is 76.7 cm³/mol. The summed E-state index contributed by atoms with van der Waals surface area (Å²) < 4.78 is 10.8. The number of amides is 1. The second kappa shape index (κ2) is 6.72. The average Bonchev–Trinajstić information content (AvgIpc) is 2.47. The highest BCUT2D eigenvalue weighted by Gasteiger charge is 2.30. The van der Waals surface area contributed by atoms with Crippen LogP contribution in [-0.4, -0.2) is 50.3 Å². The van der Waals surface area contributed by atoms with Crippen molar-refractivity contribution in [3.05, 3.63) is 29.8 Å². The van der Waals surface area contributed by atoms with Crippen LogP contribution in [0.2, 0.25) is 0 Å². The Balaban J connectivity index is 2.03. The van der Waals surface area contributed by atoms with Crippen LogP contribution in [0.1, 0.15) is 12.5 Å². The summed E-state index contributed by atoms with van der Waals surface area (Å²) in [4.78, 5) is 14.2. The third-order valence-corrected chi connectivity index (χ3v) is 3.56. The number of morpholine rings is 1. The van der Waals surface area contributed by atoms with Gasteiger partial charge in [0.05, 0.1) is 19.8 Å². The normalized spacial score (nSPS) is 22.4. The van der Waals surface area contributed by atoms with E-state index >= 15 is 0 Å². The van der Waals surface area contributed by atoms with Crippen molar-refractivity contribution in [2.75, 3.05) is 27.3 Å². The Bertz CT molecular complexity index is 464. The lowest BCUT2D eigenvalue weighted by Gasteiger charge is -2.32. The Kier molecular flexibility index (Phi) is 4.98. The van der Waals surface area contributed by atoms with E-state index in [1.807, 2.05) is 31.2 Å². The third-order valence-electron chi connectivity index (χ3n) is 3.56. The number of para-hydroxylation sites is 1. The first kappa shape index (κ1) is 14.8. The number of hydrogen-bond donors (Lipinski definition) is 1. The zero-order chi connectivity index (χ0) is 14.5. The molecule has 0 radical (unpaired) electrons. The average molecular weight is 278 g/mol. The molecule has 2 rings (SSSR count). The highest BCUT2D eigenvalue weighted by atomic mass is 16.5. The van der Waals surface area contributed by atoms with Crippen LogP contribution in [0.5, 0.6) is 5.75 Å². The summed E-state index contributed by atoms with van der Waals surface area (Å²) in [6.07, 6.45) is -0.101. The van der Waals surface area contributed by atoms with Gasteiger partial charge in [-0.2, -0.15) is 0 Å². The van der Waals surface area contributed by atoms with Crippen molar-refractivity contribution in [1.82, 2.24) is 10.2 Å². The maximum Gasteiger partial charge on any atom is 0.242 e. The van der Waals surface area contributed by atoms with Gasteiger partial charge < -0.3 is 19.7 Å². The molecule has 0 unspecified atom stereocenters. The van der Waals surface area contributed by atoms with Crippen molar-refractivity contribution in [3.63, 3.8) is 0 Å². The van der Waals surface area contributed by atoms with Crippen LogP contribution in [0.4, 0.5) is 0 Å². The highest BCUT2D eigenvalue weighted by Crippen LogP contribution is 2.19. The molecule has 5 nitrogen and oxygen atoms in total. The van der Waals surface area contributed by atoms with Gasteiger partial charge in [0.1, 0.15) is 11.8 Å². The van der Waals surface area contributed by atoms with Crippen molar-refractivity contribution in [1.29, 1.82) is 0 Å². The minimum atomic E-state index is -0.275. The molecular formula is C15H22N2O3. The first-order valence-electron chi connectivity index (χ1n) is 6.85. The van der Waals surface area contributed by atoms with E-state index in [1.54, 1.807) is 19.1 Å². The van der Waals surface area contributed by atoms with Gasteiger partial charge in [0.25, 0.3) is 0 Å². The number of likely N-dealkylation sites (N-methyl/N-ethyl adjacent to an activating group) is 1. The number of ether oxygens (including phenoxy) is 2. The second-order valence-electron chi connectivity index (χ2n) is 5.01. The third kappa shape index (κ3) is 3.29. The fourth-order valence-corrected chi connectivity index (χ4v) is 2.41. The molecular weight excluding hydrogens is 256 g/mol. The Morgan fingerprint density at radius 1 is 1.50 bits per heavy atom. The predicted octanol–water partition coefficient (Wildman–Crippen LogP) is 1.03. The van der Waals surface area contributed by atoms with E-state index in [1.165, 1.54) is 0 Å². The van der Waals surface area contributed by atoms with E-state index in [0.29, 0.717) is 19.7 Å². The Morgan fingerprint density at radius 2 is 2.25 bits per heavy atom. The minimum Gasteiger partial charge on any atom is -0.496 e. The summed E-state index contributed by atoms with van der Waals surface area (Å²) in [5.74, 6) is 0.844. The lowest BCUT2D eigenvalue weighted by Crippen LogP contribution is -2.55. The van der Waals surface area contributed by atoms with Gasteiger partial charge in [-0.25, -0.2) is 0 Å². The molecule has 1 fully saturated rings. The number of methoxy groups -OCH3 is 1. The first-order chi connectivity index (χ1) is 9.63. The molecule has 1 aliphatic rings. The summed E-state index contributed by atoms with van der Waals surface area (Å²) in [6.45, 7) is 3.81. The summed E-state index contributed by atoms with van der Waals surface area (Å²) in [5, 5.41) is 3.22. The topological polar surface area (TPSA) is 50.8 Å². The Labute approximate surface area is 119 Å². The molecule has 1 aromatic carbocycles. The lowest BCUT2D eigenvalue weighted by atomic mass is 10.1. The van der Waals surface area contributed by atoms with E-state index in [4.69, 9.17) is 9.47 Å². The van der Waals surface area contributed by atoms with Crippen LogP contribution in [0.25, 0.3) is 0 Å². The number of carbonyl (C=O) groups excluding carboxylic acids is 1. The molecule has 0 bridgehead atoms. The van der Waals surface area contributed by atoms with Gasteiger partial charge in [-0.3, -0.25) is 4.79 Å². The number of nitrogens with zero attached hydrogens (tertiary/aromatic N) is 1. The van der Waals surface area contributed by atoms with Crippen LogP contribution in [0, 0.1) is 0 Å². The minimum absolute atomic E-state index is 0.0445. The number of rotatable bonds is 4. The van der Waals surface area contributed by atoms with E-state index in [-0.39, 0.29) is 18.1 Å². The number of benzene rings is 1. The molecule has 20 heavy (non-hydrogen) atoms. The molecule has 110 valence electrons. The first-order valence-corrected chi connectivity index (χ1v) is 6.85. The van der Waals surface area contributed by atoms with Gasteiger partial charge >= 0.3 is 0 Å². The summed E-state index contributed by atoms with van der Waals surface area (Å²) in [5.41, 5.74) is 0.996. The van der Waals surface area contributed by atoms with Crippen molar-refractivity contribution >= 4 is 5.91 Å². The van der Waals surface area contributed by atoms with Crippen molar-refractivity contribution in [2.45, 2.75) is 25.6 Å². The zero-order valence-electron chi connectivity index (χ0n) is 12.3. The molecule has 1 aromatic rings. The summed E-state index contributed by atoms with van der Waals surface area (Å²) in [6, 6.07) is 7.46. The number of hydrogen-bond acceptors (Lipinski definition) is 4. The fraction of sp³-hybridized carbons (Fsp3) is 0.533. The molecule has 1 aliphatic heterocycles. The van der Waals surface area contributed by atoms with E-state index < -0.39 is 0 Å². The van der Waals surface area contributed by atoms with E-state index in [2.05, 4.69) is 5.32 Å². The maximum atomic E-state index is 12.5. The van der Waals surface area contributed by atoms with Gasteiger partial charge in [0, 0.05) is 25.7 Å². The largest absolute Gasteiger partial charge is 0.496 e. The smallest absolute Gasteiger partial charge is 0.242 e. The lowest BCUT2D eigenvalue weighted by molar-refractivity contribution is -0.138. The quantitative estimate of drug-likeness (QED) is 0.894. The van der Waals surface area contributed by atoms with Crippen LogP contribution in [0.3, 0.4) is 0 Å². The number of nitrogens with one attached hydrogen (secondary N) is 1.